The maximum Gasteiger partial charge on any atom is 0.166 e. The zero-order valence-corrected chi connectivity index (χ0v) is 12.9. The molecule has 1 aromatic carbocycles. The van der Waals surface area contributed by atoms with Crippen LogP contribution in [0.25, 0.3) is 0 Å². The van der Waals surface area contributed by atoms with Crippen LogP contribution in [-0.2, 0) is 9.47 Å². The molecule has 110 valence electrons. The van der Waals surface area contributed by atoms with Crippen molar-refractivity contribution in [2.75, 3.05) is 6.61 Å². The van der Waals surface area contributed by atoms with Crippen LogP contribution in [0.15, 0.2) is 16.6 Å². The molecule has 1 aliphatic heterocycles. The maximum absolute atomic E-state index is 13.2. The number of ketones is 1. The van der Waals surface area contributed by atoms with Crippen LogP contribution in [-0.4, -0.2) is 29.4 Å². The van der Waals surface area contributed by atoms with E-state index in [1.807, 2.05) is 13.8 Å². The summed E-state index contributed by atoms with van der Waals surface area (Å²) in [5, 5.41) is 9.62. The molecule has 1 saturated heterocycles. The van der Waals surface area contributed by atoms with Crippen LogP contribution < -0.4 is 0 Å². The van der Waals surface area contributed by atoms with E-state index in [4.69, 9.17) is 9.47 Å². The van der Waals surface area contributed by atoms with Crippen LogP contribution in [0.5, 0.6) is 5.75 Å². The van der Waals surface area contributed by atoms with Crippen molar-refractivity contribution in [3.05, 3.63) is 28.0 Å². The Bertz CT molecular complexity index is 530. The van der Waals surface area contributed by atoms with Gasteiger partial charge in [0.2, 0.25) is 0 Å². The van der Waals surface area contributed by atoms with Crippen LogP contribution in [0.2, 0.25) is 0 Å². The van der Waals surface area contributed by atoms with Gasteiger partial charge in [0.25, 0.3) is 0 Å². The van der Waals surface area contributed by atoms with E-state index < -0.39 is 11.6 Å². The number of hydrogen-bond acceptors (Lipinski definition) is 4. The second kappa shape index (κ2) is 5.79. The number of rotatable bonds is 4. The summed E-state index contributed by atoms with van der Waals surface area (Å²) in [4.78, 5) is 12.0. The molecule has 2 rings (SSSR count). The molecule has 0 radical (unpaired) electrons. The predicted molar refractivity (Wildman–Crippen MR) is 74.2 cm³/mol. The van der Waals surface area contributed by atoms with Crippen LogP contribution in [0.4, 0.5) is 4.39 Å². The molecule has 0 spiro atoms. The minimum absolute atomic E-state index is 0.108. The Kier molecular flexibility index (Phi) is 4.46. The van der Waals surface area contributed by atoms with Gasteiger partial charge in [-0.1, -0.05) is 0 Å². The highest BCUT2D eigenvalue weighted by molar-refractivity contribution is 9.10. The molecular formula is C14H16BrFO4. The number of halogens is 2. The Morgan fingerprint density at radius 2 is 2.25 bits per heavy atom. The van der Waals surface area contributed by atoms with E-state index in [0.717, 1.165) is 6.07 Å². The lowest BCUT2D eigenvalue weighted by atomic mass is 10.0. The minimum Gasteiger partial charge on any atom is -0.507 e. The zero-order chi connectivity index (χ0) is 14.9. The summed E-state index contributed by atoms with van der Waals surface area (Å²) in [5.74, 6) is -1.82. The lowest BCUT2D eigenvalue weighted by molar-refractivity contribution is -0.138. The Morgan fingerprint density at radius 3 is 2.85 bits per heavy atom. The predicted octanol–water partition coefficient (Wildman–Crippen LogP) is 3.41. The molecule has 0 unspecified atom stereocenters. The summed E-state index contributed by atoms with van der Waals surface area (Å²) >= 11 is 3.00. The molecular weight excluding hydrogens is 331 g/mol. The lowest BCUT2D eigenvalue weighted by Crippen LogP contribution is -2.21. The average Bonchev–Trinajstić information content (AvgIpc) is 2.70. The second-order valence-corrected chi connectivity index (χ2v) is 6.05. The summed E-state index contributed by atoms with van der Waals surface area (Å²) in [6, 6.07) is 2.22. The number of phenols is 1. The first kappa shape index (κ1) is 15.4. The molecule has 20 heavy (non-hydrogen) atoms. The molecule has 1 heterocycles. The van der Waals surface area contributed by atoms with Gasteiger partial charge in [0.1, 0.15) is 11.6 Å². The molecule has 0 bridgehead atoms. The van der Waals surface area contributed by atoms with Crippen molar-refractivity contribution in [2.45, 2.75) is 38.6 Å². The standard InChI is InChI=1S/C14H16BrFO4/c1-14(2)19-7-8(20-14)3-4-12(17)9-5-10(15)11(16)6-13(9)18/h5-6,8,18H,3-4,7H2,1-2H3/t8-/m1/s1. The minimum atomic E-state index is -0.616. The van der Waals surface area contributed by atoms with Gasteiger partial charge in [-0.3, -0.25) is 4.79 Å². The van der Waals surface area contributed by atoms with E-state index in [1.165, 1.54) is 6.07 Å². The highest BCUT2D eigenvalue weighted by Crippen LogP contribution is 2.28. The summed E-state index contributed by atoms with van der Waals surface area (Å²) in [5.41, 5.74) is 0.108. The summed E-state index contributed by atoms with van der Waals surface area (Å²) < 4.78 is 24.3. The molecule has 4 nitrogen and oxygen atoms in total. The van der Waals surface area contributed by atoms with Gasteiger partial charge in [-0.15, -0.1) is 0 Å². The van der Waals surface area contributed by atoms with E-state index >= 15 is 0 Å². The van der Waals surface area contributed by atoms with Crippen molar-refractivity contribution >= 4 is 21.7 Å². The normalized spacial score (nSPS) is 21.1. The van der Waals surface area contributed by atoms with E-state index in [9.17, 15) is 14.3 Å². The second-order valence-electron chi connectivity index (χ2n) is 5.20. The SMILES string of the molecule is CC1(C)OC[C@@H](CCC(=O)c2cc(Br)c(F)cc2O)O1. The number of ether oxygens (including phenoxy) is 2. The summed E-state index contributed by atoms with van der Waals surface area (Å²) in [7, 11) is 0. The molecule has 1 N–H and O–H groups in total. The molecule has 6 heteroatoms. The van der Waals surface area contributed by atoms with Crippen LogP contribution in [0.1, 0.15) is 37.0 Å². The molecule has 0 amide bonds. The van der Waals surface area contributed by atoms with Gasteiger partial charge < -0.3 is 14.6 Å². The number of phenolic OH excluding ortho intramolecular Hbond substituents is 1. The van der Waals surface area contributed by atoms with Crippen molar-refractivity contribution in [3.63, 3.8) is 0 Å². The van der Waals surface area contributed by atoms with Crippen LogP contribution in [0.3, 0.4) is 0 Å². The van der Waals surface area contributed by atoms with Crippen LogP contribution in [0, 0.1) is 5.82 Å². The largest absolute Gasteiger partial charge is 0.507 e. The highest BCUT2D eigenvalue weighted by atomic mass is 79.9. The fraction of sp³-hybridized carbons (Fsp3) is 0.500. The van der Waals surface area contributed by atoms with Crippen molar-refractivity contribution in [1.82, 2.24) is 0 Å². The zero-order valence-electron chi connectivity index (χ0n) is 11.3. The first-order valence-corrected chi connectivity index (χ1v) is 7.11. The topological polar surface area (TPSA) is 55.8 Å². The Hall–Kier alpha value is -0.980. The fourth-order valence-electron chi connectivity index (χ4n) is 2.09. The number of Topliss-reactive ketones (excluding diaryl/α,β-unsaturated/α-hetero) is 1. The van der Waals surface area contributed by atoms with Gasteiger partial charge in [-0.05, 0) is 42.3 Å². The van der Waals surface area contributed by atoms with Gasteiger partial charge >= 0.3 is 0 Å². The average molecular weight is 347 g/mol. The first-order chi connectivity index (χ1) is 9.28. The van der Waals surface area contributed by atoms with E-state index in [2.05, 4.69) is 15.9 Å². The molecule has 0 aromatic heterocycles. The van der Waals surface area contributed by atoms with Gasteiger partial charge in [0.05, 0.1) is 22.7 Å². The number of aromatic hydroxyl groups is 1. The van der Waals surface area contributed by atoms with E-state index in [-0.39, 0.29) is 34.1 Å². The monoisotopic (exact) mass is 346 g/mol. The molecule has 1 aliphatic rings. The number of carbonyl (C=O) groups excluding carboxylic acids is 1. The van der Waals surface area contributed by atoms with Crippen molar-refractivity contribution in [1.29, 1.82) is 0 Å². The third-order valence-electron chi connectivity index (χ3n) is 3.10. The molecule has 1 aromatic rings. The fourth-order valence-corrected chi connectivity index (χ4v) is 2.44. The molecule has 0 aliphatic carbocycles. The third-order valence-corrected chi connectivity index (χ3v) is 3.71. The number of hydrogen-bond donors (Lipinski definition) is 1. The van der Waals surface area contributed by atoms with E-state index in [0.29, 0.717) is 13.0 Å². The number of benzene rings is 1. The van der Waals surface area contributed by atoms with Crippen LogP contribution >= 0.6 is 15.9 Å². The highest BCUT2D eigenvalue weighted by Gasteiger charge is 2.32. The Morgan fingerprint density at radius 1 is 1.55 bits per heavy atom. The summed E-state index contributed by atoms with van der Waals surface area (Å²) in [6.45, 7) is 4.08. The van der Waals surface area contributed by atoms with Crippen molar-refractivity contribution < 1.29 is 23.8 Å². The molecule has 1 atom stereocenters. The quantitative estimate of drug-likeness (QED) is 0.848. The van der Waals surface area contributed by atoms with Crippen molar-refractivity contribution in [2.24, 2.45) is 0 Å². The Labute approximate surface area is 125 Å². The molecule has 0 saturated carbocycles. The smallest absolute Gasteiger partial charge is 0.166 e. The van der Waals surface area contributed by atoms with Crippen molar-refractivity contribution in [3.8, 4) is 5.75 Å². The Balaban J connectivity index is 1.98. The van der Waals surface area contributed by atoms with Gasteiger partial charge in [-0.2, -0.15) is 0 Å². The van der Waals surface area contributed by atoms with Gasteiger partial charge in [0, 0.05) is 12.5 Å². The first-order valence-electron chi connectivity index (χ1n) is 6.31. The maximum atomic E-state index is 13.2. The van der Waals surface area contributed by atoms with Gasteiger partial charge in [0.15, 0.2) is 11.6 Å². The molecule has 1 fully saturated rings. The summed E-state index contributed by atoms with van der Waals surface area (Å²) in [6.07, 6.45) is 0.562. The van der Waals surface area contributed by atoms with E-state index in [1.54, 1.807) is 0 Å². The third kappa shape index (κ3) is 3.56. The lowest BCUT2D eigenvalue weighted by Gasteiger charge is -2.16. The van der Waals surface area contributed by atoms with Gasteiger partial charge in [-0.25, -0.2) is 4.39 Å². The number of carbonyl (C=O) groups is 1.